The first-order valence-corrected chi connectivity index (χ1v) is 17.5. The summed E-state index contributed by atoms with van der Waals surface area (Å²) in [6.45, 7) is 0. The molecule has 0 aliphatic rings. The summed E-state index contributed by atoms with van der Waals surface area (Å²) in [5.41, 5.74) is 4.20. The molecular formula is C30H18N4S6. The van der Waals surface area contributed by atoms with E-state index in [0.29, 0.717) is 0 Å². The third kappa shape index (κ3) is 4.37. The number of imidazole rings is 2. The predicted octanol–water partition coefficient (Wildman–Crippen LogP) is 11.2. The second-order valence-corrected chi connectivity index (χ2v) is 14.8. The zero-order chi connectivity index (χ0) is 26.5. The fraction of sp³-hybridized carbons (Fsp3) is 0. The van der Waals surface area contributed by atoms with E-state index in [1.54, 1.807) is 68.0 Å². The van der Waals surface area contributed by atoms with E-state index in [9.17, 15) is 0 Å². The molecule has 0 atom stereocenters. The number of nitrogens with one attached hydrogen (secondary N) is 2. The molecule has 4 nitrogen and oxygen atoms in total. The first kappa shape index (κ1) is 24.4. The van der Waals surface area contributed by atoms with Crippen LogP contribution in [0.15, 0.2) is 94.3 Å². The van der Waals surface area contributed by atoms with Crippen molar-refractivity contribution in [2.75, 3.05) is 0 Å². The molecule has 0 amide bonds. The van der Waals surface area contributed by atoms with Gasteiger partial charge in [0.1, 0.15) is 23.0 Å². The Bertz CT molecular complexity index is 1750. The highest BCUT2D eigenvalue weighted by Crippen LogP contribution is 2.43. The van der Waals surface area contributed by atoms with E-state index in [1.807, 2.05) is 0 Å². The molecule has 8 rings (SSSR count). The molecule has 0 spiro atoms. The van der Waals surface area contributed by atoms with Gasteiger partial charge in [0.2, 0.25) is 0 Å². The number of hydrogen-bond donors (Lipinski definition) is 2. The third-order valence-electron chi connectivity index (χ3n) is 6.37. The first-order valence-electron chi connectivity index (χ1n) is 12.4. The van der Waals surface area contributed by atoms with Crippen LogP contribution in [0.3, 0.4) is 0 Å². The molecule has 10 heteroatoms. The van der Waals surface area contributed by atoms with Crippen LogP contribution in [-0.2, 0) is 0 Å². The number of hydrogen-bond acceptors (Lipinski definition) is 8. The van der Waals surface area contributed by atoms with Crippen LogP contribution in [0.4, 0.5) is 0 Å². The third-order valence-corrected chi connectivity index (χ3v) is 12.3. The number of thiophene rings is 6. The van der Waals surface area contributed by atoms with Crippen LogP contribution in [0.25, 0.3) is 73.4 Å². The maximum absolute atomic E-state index is 5.06. The fourth-order valence-corrected chi connectivity index (χ4v) is 9.44. The maximum atomic E-state index is 5.06. The first-order chi connectivity index (χ1) is 19.8. The summed E-state index contributed by atoms with van der Waals surface area (Å²) in [6.07, 6.45) is 0. The second kappa shape index (κ2) is 10.2. The molecule has 8 heterocycles. The Balaban J connectivity index is 1.13. The molecule has 8 aromatic rings. The molecule has 0 fully saturated rings. The van der Waals surface area contributed by atoms with E-state index in [0.717, 1.165) is 44.2 Å². The molecule has 0 saturated carbocycles. The Morgan fingerprint density at radius 3 is 1.15 bits per heavy atom. The Hall–Kier alpha value is -3.38. The number of aromatic nitrogens is 4. The number of rotatable bonds is 7. The van der Waals surface area contributed by atoms with E-state index in [-0.39, 0.29) is 0 Å². The van der Waals surface area contributed by atoms with Crippen LogP contribution in [0.1, 0.15) is 0 Å². The minimum absolute atomic E-state index is 0.909. The summed E-state index contributed by atoms with van der Waals surface area (Å²) in [7, 11) is 0. The topological polar surface area (TPSA) is 57.4 Å². The molecule has 40 heavy (non-hydrogen) atoms. The van der Waals surface area contributed by atoms with E-state index >= 15 is 0 Å². The second-order valence-electron chi connectivity index (χ2n) is 8.86. The molecular weight excluding hydrogens is 609 g/mol. The Morgan fingerprint density at radius 1 is 0.400 bits per heavy atom. The van der Waals surface area contributed by atoms with E-state index in [1.165, 1.54) is 29.3 Å². The van der Waals surface area contributed by atoms with Crippen LogP contribution in [0.2, 0.25) is 0 Å². The Labute approximate surface area is 254 Å². The summed E-state index contributed by atoms with van der Waals surface area (Å²) in [5.74, 6) is 1.82. The van der Waals surface area contributed by atoms with Gasteiger partial charge in [-0.2, -0.15) is 0 Å². The Morgan fingerprint density at radius 2 is 0.775 bits per heavy atom. The SMILES string of the molecule is c1csc(-c2nc(-c3ccc(-c4ccc(-c5nc(-c6cccs6)c(-c6cccs6)[nH]5)s4)s3)[nH]c2-c2cccs2)c1. The molecule has 2 N–H and O–H groups in total. The quantitative estimate of drug-likeness (QED) is 0.185. The lowest BCUT2D eigenvalue weighted by atomic mass is 10.2. The molecule has 0 aromatic carbocycles. The van der Waals surface area contributed by atoms with Crippen molar-refractivity contribution in [3.05, 3.63) is 94.3 Å². The van der Waals surface area contributed by atoms with Gasteiger partial charge < -0.3 is 9.97 Å². The minimum atomic E-state index is 0.909. The van der Waals surface area contributed by atoms with E-state index in [2.05, 4.69) is 104 Å². The smallest absolute Gasteiger partial charge is 0.148 e. The monoisotopic (exact) mass is 626 g/mol. The highest BCUT2D eigenvalue weighted by Gasteiger charge is 2.20. The predicted molar refractivity (Wildman–Crippen MR) is 176 cm³/mol. The van der Waals surface area contributed by atoms with Crippen molar-refractivity contribution in [1.82, 2.24) is 19.9 Å². The van der Waals surface area contributed by atoms with Crippen molar-refractivity contribution < 1.29 is 0 Å². The molecule has 8 aromatic heterocycles. The largest absolute Gasteiger partial charge is 0.336 e. The van der Waals surface area contributed by atoms with E-state index < -0.39 is 0 Å². The average molecular weight is 627 g/mol. The van der Waals surface area contributed by atoms with Crippen molar-refractivity contribution in [2.45, 2.75) is 0 Å². The summed E-state index contributed by atoms with van der Waals surface area (Å²) in [4.78, 5) is 26.8. The normalized spacial score (nSPS) is 11.5. The minimum Gasteiger partial charge on any atom is -0.336 e. The van der Waals surface area contributed by atoms with Crippen LogP contribution in [0.5, 0.6) is 0 Å². The zero-order valence-electron chi connectivity index (χ0n) is 20.6. The molecule has 0 aliphatic heterocycles. The summed E-state index contributed by atoms with van der Waals surface area (Å²) in [6, 6.07) is 25.6. The van der Waals surface area contributed by atoms with Crippen molar-refractivity contribution in [1.29, 1.82) is 0 Å². The van der Waals surface area contributed by atoms with Crippen molar-refractivity contribution in [3.8, 4) is 73.4 Å². The molecule has 0 aliphatic carbocycles. The van der Waals surface area contributed by atoms with Crippen molar-refractivity contribution in [2.24, 2.45) is 0 Å². The van der Waals surface area contributed by atoms with Gasteiger partial charge in [0.15, 0.2) is 0 Å². The van der Waals surface area contributed by atoms with Crippen LogP contribution < -0.4 is 0 Å². The van der Waals surface area contributed by atoms with Crippen LogP contribution >= 0.6 is 68.0 Å². The van der Waals surface area contributed by atoms with Gasteiger partial charge in [-0.3, -0.25) is 0 Å². The number of H-pyrrole nitrogens is 2. The standard InChI is InChI=1S/C30H18N4S6/c1-5-19(35-13-1)25-26(20-6-2-14-36-20)32-29(31-25)23-11-9-17(39-23)18-10-12-24(40-18)30-33-27(21-7-3-15-37-21)28(34-30)22-8-4-16-38-22/h1-16H,(H,31,32)(H,33,34). The van der Waals surface area contributed by atoms with Crippen LogP contribution in [0, 0.1) is 0 Å². The zero-order valence-corrected chi connectivity index (χ0v) is 25.5. The number of nitrogens with zero attached hydrogens (tertiary/aromatic N) is 2. The van der Waals surface area contributed by atoms with Gasteiger partial charge in [0, 0.05) is 9.75 Å². The molecule has 0 radical (unpaired) electrons. The van der Waals surface area contributed by atoms with Gasteiger partial charge in [-0.25, -0.2) is 9.97 Å². The highest BCUT2D eigenvalue weighted by atomic mass is 32.1. The highest BCUT2D eigenvalue weighted by molar-refractivity contribution is 7.25. The summed E-state index contributed by atoms with van der Waals surface area (Å²) < 4.78 is 0. The average Bonchev–Trinajstić information content (AvgIpc) is 3.85. The van der Waals surface area contributed by atoms with Gasteiger partial charge in [-0.15, -0.1) is 68.0 Å². The summed E-state index contributed by atoms with van der Waals surface area (Å²) in [5, 5.41) is 8.42. The molecule has 0 unspecified atom stereocenters. The lowest BCUT2D eigenvalue weighted by Gasteiger charge is -1.96. The number of aromatic amines is 2. The fourth-order valence-electron chi connectivity index (χ4n) is 4.56. The molecule has 0 bridgehead atoms. The maximum Gasteiger partial charge on any atom is 0.148 e. The van der Waals surface area contributed by atoms with Crippen LogP contribution in [-0.4, -0.2) is 19.9 Å². The molecule has 0 saturated heterocycles. The van der Waals surface area contributed by atoms with Gasteiger partial charge in [-0.1, -0.05) is 24.3 Å². The summed E-state index contributed by atoms with van der Waals surface area (Å²) >= 11 is 10.4. The van der Waals surface area contributed by atoms with Gasteiger partial charge >= 0.3 is 0 Å². The van der Waals surface area contributed by atoms with Crippen molar-refractivity contribution in [3.63, 3.8) is 0 Å². The van der Waals surface area contributed by atoms with Crippen molar-refractivity contribution >= 4 is 68.0 Å². The molecule has 194 valence electrons. The Kier molecular flexibility index (Phi) is 6.24. The van der Waals surface area contributed by atoms with Gasteiger partial charge in [-0.05, 0) is 70.1 Å². The lowest BCUT2D eigenvalue weighted by Crippen LogP contribution is -1.76. The van der Waals surface area contributed by atoms with E-state index in [4.69, 9.17) is 9.97 Å². The lowest BCUT2D eigenvalue weighted by molar-refractivity contribution is 1.33. The van der Waals surface area contributed by atoms with Gasteiger partial charge in [0.25, 0.3) is 0 Å². The van der Waals surface area contributed by atoms with Gasteiger partial charge in [0.05, 0.1) is 40.7 Å².